The van der Waals surface area contributed by atoms with Gasteiger partial charge in [0.25, 0.3) is 0 Å². The zero-order valence-electron chi connectivity index (χ0n) is 13.6. The number of halogens is 3. The Hall–Kier alpha value is -2.02. The number of anilines is 2. The van der Waals surface area contributed by atoms with Gasteiger partial charge >= 0.3 is 0 Å². The fourth-order valence-electron chi connectivity index (χ4n) is 1.95. The molecule has 25 heavy (non-hydrogen) atoms. The number of rotatable bonds is 5. The van der Waals surface area contributed by atoms with E-state index in [0.29, 0.717) is 5.71 Å². The third-order valence-corrected chi connectivity index (χ3v) is 4.47. The number of benzene rings is 1. The fraction of sp³-hybridized carbons (Fsp3) is 0.188. The van der Waals surface area contributed by atoms with E-state index in [1.54, 1.807) is 6.92 Å². The maximum atomic E-state index is 11.1. The van der Waals surface area contributed by atoms with Crippen molar-refractivity contribution < 1.29 is 9.90 Å². The number of aromatic nitrogens is 1. The highest BCUT2D eigenvalue weighted by Crippen LogP contribution is 2.36. The van der Waals surface area contributed by atoms with Crippen molar-refractivity contribution in [2.45, 2.75) is 6.92 Å². The summed E-state index contributed by atoms with van der Waals surface area (Å²) in [4.78, 5) is 16.6. The smallest absolute Gasteiger partial charge is 0.150 e. The lowest BCUT2D eigenvalue weighted by atomic mass is 10.1. The molecule has 0 radical (unpaired) electrons. The van der Waals surface area contributed by atoms with E-state index < -0.39 is 11.7 Å². The highest BCUT2D eigenvalue weighted by molar-refractivity contribution is 6.46. The van der Waals surface area contributed by atoms with Gasteiger partial charge in [0.15, 0.2) is 5.15 Å². The van der Waals surface area contributed by atoms with E-state index in [1.165, 1.54) is 0 Å². The summed E-state index contributed by atoms with van der Waals surface area (Å²) >= 11 is 17.9. The highest BCUT2D eigenvalue weighted by Gasteiger charge is 2.17. The predicted molar refractivity (Wildman–Crippen MR) is 100 cm³/mol. The van der Waals surface area contributed by atoms with Gasteiger partial charge in [0.2, 0.25) is 0 Å². The van der Waals surface area contributed by atoms with Gasteiger partial charge in [0.1, 0.15) is 10.7 Å². The minimum Gasteiger partial charge on any atom is -0.543 e. The molecule has 2 aromatic rings. The van der Waals surface area contributed by atoms with Crippen LogP contribution in [0.4, 0.5) is 11.4 Å². The molecule has 2 rings (SSSR count). The number of hydrogen-bond donors (Lipinski definition) is 1. The van der Waals surface area contributed by atoms with Crippen molar-refractivity contribution in [2.75, 3.05) is 24.4 Å². The third-order valence-electron chi connectivity index (χ3n) is 3.37. The van der Waals surface area contributed by atoms with Gasteiger partial charge in [-0.2, -0.15) is 5.10 Å². The lowest BCUT2D eigenvalue weighted by Gasteiger charge is -2.14. The van der Waals surface area contributed by atoms with Crippen LogP contribution in [0.5, 0.6) is 0 Å². The first kappa shape index (κ1) is 19.3. The summed E-state index contributed by atoms with van der Waals surface area (Å²) in [6.45, 7) is 1.78. The zero-order valence-corrected chi connectivity index (χ0v) is 15.9. The number of carbonyl (C=O) groups excluding carboxylic acids is 1. The van der Waals surface area contributed by atoms with Crippen LogP contribution in [0.1, 0.15) is 23.0 Å². The van der Waals surface area contributed by atoms with Crippen LogP contribution in [0, 0.1) is 0 Å². The van der Waals surface area contributed by atoms with Gasteiger partial charge < -0.3 is 14.8 Å². The van der Waals surface area contributed by atoms with Gasteiger partial charge in [-0.3, -0.25) is 5.43 Å². The average Bonchev–Trinajstić information content (AvgIpc) is 2.57. The Morgan fingerprint density at radius 1 is 1.16 bits per heavy atom. The molecule has 0 saturated carbocycles. The van der Waals surface area contributed by atoms with Crippen LogP contribution >= 0.6 is 34.8 Å². The topological polar surface area (TPSA) is 80.6 Å². The molecule has 0 aliphatic heterocycles. The molecule has 1 heterocycles. The number of nitrogens with one attached hydrogen (secondary N) is 1. The normalized spacial score (nSPS) is 11.4. The summed E-state index contributed by atoms with van der Waals surface area (Å²) in [6.07, 6.45) is 0. The van der Waals surface area contributed by atoms with Gasteiger partial charge in [-0.15, -0.1) is 0 Å². The Morgan fingerprint density at radius 2 is 1.76 bits per heavy atom. The molecule has 9 heteroatoms. The van der Waals surface area contributed by atoms with Gasteiger partial charge in [0, 0.05) is 19.8 Å². The third kappa shape index (κ3) is 4.34. The van der Waals surface area contributed by atoms with Gasteiger partial charge in [-0.25, -0.2) is 4.98 Å². The predicted octanol–water partition coefficient (Wildman–Crippen LogP) is 3.31. The van der Waals surface area contributed by atoms with Gasteiger partial charge in [-0.05, 0) is 24.6 Å². The molecule has 0 bridgehead atoms. The molecule has 1 aromatic heterocycles. The number of hydrogen-bond acceptors (Lipinski definition) is 6. The molecule has 0 saturated heterocycles. The first-order valence-electron chi connectivity index (χ1n) is 7.06. The number of hydrazone groups is 1. The van der Waals surface area contributed by atoms with E-state index in [4.69, 9.17) is 34.8 Å². The average molecular weight is 401 g/mol. The minimum atomic E-state index is -1.56. The molecule has 6 nitrogen and oxygen atoms in total. The van der Waals surface area contributed by atoms with Crippen molar-refractivity contribution in [1.29, 1.82) is 0 Å². The number of pyridine rings is 1. The Kier molecular flexibility index (Phi) is 6.11. The molecule has 0 aliphatic carbocycles. The summed E-state index contributed by atoms with van der Waals surface area (Å²) in [5.74, 6) is -1.56. The zero-order chi connectivity index (χ0) is 18.7. The molecule has 0 aliphatic rings. The molecule has 0 unspecified atom stereocenters. The van der Waals surface area contributed by atoms with Crippen LogP contribution in [0.15, 0.2) is 29.4 Å². The standard InChI is InChI=1S/C16H15Cl3N4O2/c1-8(9-4-6-10(7-5-9)23(2)3)21-22-13-11(17)14(16(24)25)20-15(19)12(13)18/h4-7H,1-3H3,(H,20,22)(H,24,25)/p-1/b21-8-. The molecule has 132 valence electrons. The van der Waals surface area contributed by atoms with E-state index in [9.17, 15) is 9.90 Å². The second-order valence-corrected chi connectivity index (χ2v) is 6.41. The summed E-state index contributed by atoms with van der Waals surface area (Å²) in [6, 6.07) is 7.72. The molecule has 0 fully saturated rings. The van der Waals surface area contributed by atoms with E-state index >= 15 is 0 Å². The van der Waals surface area contributed by atoms with Crippen molar-refractivity contribution in [2.24, 2.45) is 5.10 Å². The van der Waals surface area contributed by atoms with Gasteiger partial charge in [-0.1, -0.05) is 46.9 Å². The van der Waals surface area contributed by atoms with Crippen molar-refractivity contribution in [3.8, 4) is 0 Å². The Bertz CT molecular complexity index is 836. The SMILES string of the molecule is C/C(=N/Nc1c(Cl)c(Cl)nc(C(=O)[O-])c1Cl)c1ccc(N(C)C)cc1. The lowest BCUT2D eigenvalue weighted by molar-refractivity contribution is -0.255. The summed E-state index contributed by atoms with van der Waals surface area (Å²) in [7, 11) is 3.90. The number of aromatic carboxylic acids is 1. The number of carbonyl (C=O) groups is 1. The van der Waals surface area contributed by atoms with Crippen molar-refractivity contribution >= 4 is 57.9 Å². The van der Waals surface area contributed by atoms with Crippen LogP contribution in [0.2, 0.25) is 15.2 Å². The van der Waals surface area contributed by atoms with Gasteiger partial charge in [0.05, 0.1) is 22.4 Å². The quantitative estimate of drug-likeness (QED) is 0.473. The van der Waals surface area contributed by atoms with Crippen molar-refractivity contribution in [3.05, 3.63) is 50.7 Å². The number of carboxylic acids is 1. The molecular formula is C16H14Cl3N4O2-. The Balaban J connectivity index is 2.33. The van der Waals surface area contributed by atoms with Crippen LogP contribution in [0.3, 0.4) is 0 Å². The van der Waals surface area contributed by atoms with Crippen LogP contribution in [-0.4, -0.2) is 30.8 Å². The molecule has 0 atom stereocenters. The minimum absolute atomic E-state index is 0.0313. The second kappa shape index (κ2) is 7.91. The van der Waals surface area contributed by atoms with Crippen LogP contribution < -0.4 is 15.4 Å². The first-order valence-corrected chi connectivity index (χ1v) is 8.19. The Morgan fingerprint density at radius 3 is 2.28 bits per heavy atom. The molecule has 0 spiro atoms. The fourth-order valence-corrected chi connectivity index (χ4v) is 2.62. The Labute approximate surface area is 160 Å². The largest absolute Gasteiger partial charge is 0.543 e. The molecular weight excluding hydrogens is 387 g/mol. The second-order valence-electron chi connectivity index (χ2n) is 5.29. The summed E-state index contributed by atoms with van der Waals surface area (Å²) in [5.41, 5.74) is 4.74. The maximum Gasteiger partial charge on any atom is 0.150 e. The summed E-state index contributed by atoms with van der Waals surface area (Å²) in [5, 5.41) is 14.8. The van der Waals surface area contributed by atoms with Crippen LogP contribution in [0.25, 0.3) is 0 Å². The van der Waals surface area contributed by atoms with Crippen molar-refractivity contribution in [1.82, 2.24) is 4.98 Å². The van der Waals surface area contributed by atoms with E-state index in [0.717, 1.165) is 11.3 Å². The molecule has 0 amide bonds. The van der Waals surface area contributed by atoms with E-state index in [-0.39, 0.29) is 20.9 Å². The molecule has 1 aromatic carbocycles. The monoisotopic (exact) mass is 399 g/mol. The molecule has 1 N–H and O–H groups in total. The maximum absolute atomic E-state index is 11.1. The van der Waals surface area contributed by atoms with Crippen molar-refractivity contribution in [3.63, 3.8) is 0 Å². The van der Waals surface area contributed by atoms with E-state index in [1.807, 2.05) is 43.3 Å². The lowest BCUT2D eigenvalue weighted by Crippen LogP contribution is -2.24. The highest BCUT2D eigenvalue weighted by atomic mass is 35.5. The van der Waals surface area contributed by atoms with Crippen LogP contribution in [-0.2, 0) is 0 Å². The number of nitrogens with zero attached hydrogens (tertiary/aromatic N) is 3. The van der Waals surface area contributed by atoms with E-state index in [2.05, 4.69) is 15.5 Å². The number of carboxylic acid groups (broad SMARTS) is 1. The first-order chi connectivity index (χ1) is 11.7. The summed E-state index contributed by atoms with van der Waals surface area (Å²) < 4.78 is 0.